The van der Waals surface area contributed by atoms with Gasteiger partial charge in [-0.3, -0.25) is 9.67 Å². The topological polar surface area (TPSA) is 92.2 Å². The van der Waals surface area contributed by atoms with Gasteiger partial charge in [0.25, 0.3) is 0 Å². The first-order valence-electron chi connectivity index (χ1n) is 7.00. The number of rotatable bonds is 4. The highest BCUT2D eigenvalue weighted by atomic mass is 16.2. The third kappa shape index (κ3) is 3.05. The first kappa shape index (κ1) is 14.1. The molecule has 0 atom stereocenters. The Labute approximate surface area is 127 Å². The Bertz CT molecular complexity index is 669. The molecule has 0 spiro atoms. The Morgan fingerprint density at radius 3 is 2.86 bits per heavy atom. The van der Waals surface area contributed by atoms with E-state index in [1.807, 2.05) is 18.3 Å². The van der Waals surface area contributed by atoms with Crippen molar-refractivity contribution < 1.29 is 9.59 Å². The molecular formula is C14H16N6O2. The van der Waals surface area contributed by atoms with E-state index in [4.69, 9.17) is 0 Å². The van der Waals surface area contributed by atoms with Crippen LogP contribution in [0, 0.1) is 0 Å². The maximum absolute atomic E-state index is 11.8. The molecule has 22 heavy (non-hydrogen) atoms. The molecule has 0 bridgehead atoms. The van der Waals surface area contributed by atoms with Crippen LogP contribution in [0.1, 0.15) is 0 Å². The van der Waals surface area contributed by atoms with Crippen LogP contribution in [0.15, 0.2) is 36.9 Å². The third-order valence-corrected chi connectivity index (χ3v) is 3.37. The number of urea groups is 2. The molecule has 1 aliphatic heterocycles. The van der Waals surface area contributed by atoms with Crippen LogP contribution in [0.2, 0.25) is 0 Å². The zero-order chi connectivity index (χ0) is 15.4. The molecule has 0 unspecified atom stereocenters. The Hall–Kier alpha value is -2.90. The summed E-state index contributed by atoms with van der Waals surface area (Å²) in [6, 6.07) is 3.10. The summed E-state index contributed by atoms with van der Waals surface area (Å²) in [7, 11) is 0. The van der Waals surface area contributed by atoms with E-state index < -0.39 is 0 Å². The average Bonchev–Trinajstić information content (AvgIpc) is 3.17. The third-order valence-electron chi connectivity index (χ3n) is 3.37. The number of pyridine rings is 1. The Balaban J connectivity index is 1.51. The number of amides is 4. The lowest BCUT2D eigenvalue weighted by Crippen LogP contribution is -2.42. The fourth-order valence-corrected chi connectivity index (χ4v) is 2.22. The monoisotopic (exact) mass is 300 g/mol. The van der Waals surface area contributed by atoms with Gasteiger partial charge in [-0.15, -0.1) is 0 Å². The number of carbonyl (C=O) groups is 2. The average molecular weight is 300 g/mol. The molecule has 1 aliphatic rings. The summed E-state index contributed by atoms with van der Waals surface area (Å²) in [6.07, 6.45) is 7.14. The summed E-state index contributed by atoms with van der Waals surface area (Å²) in [5, 5.41) is 9.55. The molecule has 2 aromatic rings. The van der Waals surface area contributed by atoms with Crippen molar-refractivity contribution >= 4 is 12.1 Å². The predicted molar refractivity (Wildman–Crippen MR) is 79.0 cm³/mol. The molecule has 0 aliphatic carbocycles. The van der Waals surface area contributed by atoms with Crippen molar-refractivity contribution in [3.63, 3.8) is 0 Å². The normalized spacial score (nSPS) is 14.0. The Morgan fingerprint density at radius 2 is 2.14 bits per heavy atom. The van der Waals surface area contributed by atoms with Gasteiger partial charge in [-0.1, -0.05) is 0 Å². The molecule has 8 heteroatoms. The Kier molecular flexibility index (Phi) is 3.99. The minimum Gasteiger partial charge on any atom is -0.336 e. The molecule has 8 nitrogen and oxygen atoms in total. The molecule has 0 aromatic carbocycles. The van der Waals surface area contributed by atoms with E-state index in [0.29, 0.717) is 26.2 Å². The predicted octanol–water partition coefficient (Wildman–Crippen LogP) is 0.680. The fourth-order valence-electron chi connectivity index (χ4n) is 2.22. The molecule has 114 valence electrons. The van der Waals surface area contributed by atoms with E-state index >= 15 is 0 Å². The van der Waals surface area contributed by atoms with Crippen LogP contribution >= 0.6 is 0 Å². The first-order valence-corrected chi connectivity index (χ1v) is 7.00. The van der Waals surface area contributed by atoms with Crippen LogP contribution in [0.4, 0.5) is 9.59 Å². The largest absolute Gasteiger partial charge is 0.336 e. The van der Waals surface area contributed by atoms with E-state index in [-0.39, 0.29) is 12.1 Å². The van der Waals surface area contributed by atoms with Gasteiger partial charge >= 0.3 is 12.1 Å². The lowest BCUT2D eigenvalue weighted by atomic mass is 10.1. The highest BCUT2D eigenvalue weighted by Gasteiger charge is 2.25. The lowest BCUT2D eigenvalue weighted by Gasteiger charge is -2.13. The van der Waals surface area contributed by atoms with Crippen molar-refractivity contribution in [2.75, 3.05) is 19.6 Å². The van der Waals surface area contributed by atoms with Gasteiger partial charge in [0.2, 0.25) is 0 Å². The van der Waals surface area contributed by atoms with Gasteiger partial charge in [-0.25, -0.2) is 14.5 Å². The second-order valence-corrected chi connectivity index (χ2v) is 4.84. The van der Waals surface area contributed by atoms with Gasteiger partial charge in [-0.05, 0) is 17.7 Å². The van der Waals surface area contributed by atoms with Gasteiger partial charge in [0.15, 0.2) is 0 Å². The first-order chi connectivity index (χ1) is 10.7. The van der Waals surface area contributed by atoms with Crippen molar-refractivity contribution in [3.05, 3.63) is 36.9 Å². The summed E-state index contributed by atoms with van der Waals surface area (Å²) >= 11 is 0. The van der Waals surface area contributed by atoms with Gasteiger partial charge in [-0.2, -0.15) is 5.10 Å². The van der Waals surface area contributed by atoms with E-state index in [1.54, 1.807) is 23.3 Å². The van der Waals surface area contributed by atoms with Crippen LogP contribution in [0.5, 0.6) is 0 Å². The molecule has 2 N–H and O–H groups in total. The van der Waals surface area contributed by atoms with Crippen molar-refractivity contribution in [2.24, 2.45) is 0 Å². The summed E-state index contributed by atoms with van der Waals surface area (Å²) in [5.74, 6) is 0. The highest BCUT2D eigenvalue weighted by Crippen LogP contribution is 2.16. The quantitative estimate of drug-likeness (QED) is 0.868. The van der Waals surface area contributed by atoms with E-state index in [0.717, 1.165) is 16.0 Å². The molecule has 0 radical (unpaired) electrons. The number of hydrogen-bond acceptors (Lipinski definition) is 4. The van der Waals surface area contributed by atoms with Crippen LogP contribution in [0.3, 0.4) is 0 Å². The number of carbonyl (C=O) groups excluding carboxylic acids is 2. The number of hydrogen-bond donors (Lipinski definition) is 2. The molecule has 4 amide bonds. The smallest absolute Gasteiger partial charge is 0.325 e. The van der Waals surface area contributed by atoms with Crippen molar-refractivity contribution in [1.82, 2.24) is 30.3 Å². The van der Waals surface area contributed by atoms with Gasteiger partial charge in [0.1, 0.15) is 0 Å². The lowest BCUT2D eigenvalue weighted by molar-refractivity contribution is 0.198. The van der Waals surface area contributed by atoms with Crippen LogP contribution < -0.4 is 10.6 Å². The zero-order valence-electron chi connectivity index (χ0n) is 11.9. The summed E-state index contributed by atoms with van der Waals surface area (Å²) in [6.45, 7) is 1.84. The highest BCUT2D eigenvalue weighted by molar-refractivity contribution is 5.94. The van der Waals surface area contributed by atoms with Crippen LogP contribution in [-0.2, 0) is 6.54 Å². The number of nitrogens with zero attached hydrogens (tertiary/aromatic N) is 4. The van der Waals surface area contributed by atoms with Crippen molar-refractivity contribution in [3.8, 4) is 11.1 Å². The number of nitrogens with one attached hydrogen (secondary N) is 2. The van der Waals surface area contributed by atoms with Gasteiger partial charge in [0, 0.05) is 43.8 Å². The Morgan fingerprint density at radius 1 is 1.32 bits per heavy atom. The molecule has 1 saturated heterocycles. The standard InChI is InChI=1S/C14H16N6O2/c21-13(20-8-6-17-14(20)22)16-5-7-19-10-12(9-18-19)11-1-3-15-4-2-11/h1-4,9-10H,5-8H2,(H,16,21)(H,17,22). The summed E-state index contributed by atoms with van der Waals surface area (Å²) < 4.78 is 1.75. The van der Waals surface area contributed by atoms with Crippen molar-refractivity contribution in [2.45, 2.75) is 6.54 Å². The SMILES string of the molecule is O=C1NCCN1C(=O)NCCn1cc(-c2ccncc2)cn1. The minimum absolute atomic E-state index is 0.350. The molecule has 3 heterocycles. The van der Waals surface area contributed by atoms with E-state index in [1.165, 1.54) is 0 Å². The maximum Gasteiger partial charge on any atom is 0.325 e. The van der Waals surface area contributed by atoms with Crippen LogP contribution in [0.25, 0.3) is 11.1 Å². The van der Waals surface area contributed by atoms with Gasteiger partial charge < -0.3 is 10.6 Å². The molecule has 3 rings (SSSR count). The molecular weight excluding hydrogens is 284 g/mol. The second kappa shape index (κ2) is 6.25. The number of aromatic nitrogens is 3. The summed E-state index contributed by atoms with van der Waals surface area (Å²) in [4.78, 5) is 28.3. The zero-order valence-corrected chi connectivity index (χ0v) is 11.9. The van der Waals surface area contributed by atoms with Crippen LogP contribution in [-0.4, -0.2) is 51.4 Å². The maximum atomic E-state index is 11.8. The number of imide groups is 1. The van der Waals surface area contributed by atoms with Gasteiger partial charge in [0.05, 0.1) is 12.7 Å². The molecule has 2 aromatic heterocycles. The minimum atomic E-state index is -0.378. The van der Waals surface area contributed by atoms with Crippen molar-refractivity contribution in [1.29, 1.82) is 0 Å². The van der Waals surface area contributed by atoms with E-state index in [9.17, 15) is 9.59 Å². The molecule has 0 saturated carbocycles. The summed E-state index contributed by atoms with van der Waals surface area (Å²) in [5.41, 5.74) is 2.03. The second-order valence-electron chi connectivity index (χ2n) is 4.84. The molecule has 1 fully saturated rings. The van der Waals surface area contributed by atoms with E-state index in [2.05, 4.69) is 20.7 Å². The fraction of sp³-hybridized carbons (Fsp3) is 0.286.